The van der Waals surface area contributed by atoms with Crippen LogP contribution in [0.2, 0.25) is 0 Å². The molecule has 2 N–H and O–H groups in total. The first-order valence-corrected chi connectivity index (χ1v) is 6.27. The summed E-state index contributed by atoms with van der Waals surface area (Å²) in [5, 5.41) is 15.3. The molecule has 7 nitrogen and oxygen atoms in total. The summed E-state index contributed by atoms with van der Waals surface area (Å²) < 4.78 is 10.1. The zero-order chi connectivity index (χ0) is 13.4. The molecule has 19 heavy (non-hydrogen) atoms. The number of hydrogen-bond acceptors (Lipinski definition) is 5. The van der Waals surface area contributed by atoms with Crippen LogP contribution in [0.15, 0.2) is 10.6 Å². The van der Waals surface area contributed by atoms with E-state index in [2.05, 4.69) is 10.5 Å². The molecule has 3 rings (SSSR count). The molecule has 0 radical (unpaired) electrons. The van der Waals surface area contributed by atoms with Crippen molar-refractivity contribution < 1.29 is 24.0 Å². The molecule has 7 heteroatoms. The van der Waals surface area contributed by atoms with Crippen molar-refractivity contribution >= 4 is 11.9 Å². The number of carbonyl (C=O) groups is 2. The zero-order valence-corrected chi connectivity index (χ0v) is 10.2. The largest absolute Gasteiger partial charge is 0.479 e. The molecule has 0 unspecified atom stereocenters. The Morgan fingerprint density at radius 1 is 1.37 bits per heavy atom. The van der Waals surface area contributed by atoms with Crippen LogP contribution in [0, 0.1) is 0 Å². The van der Waals surface area contributed by atoms with E-state index in [1.165, 1.54) is 0 Å². The lowest BCUT2D eigenvalue weighted by molar-refractivity contribution is -0.148. The minimum Gasteiger partial charge on any atom is -0.479 e. The minimum absolute atomic E-state index is 0.193. The van der Waals surface area contributed by atoms with Crippen LogP contribution in [-0.2, 0) is 9.53 Å². The predicted octanol–water partition coefficient (Wildman–Crippen LogP) is 0.524. The highest BCUT2D eigenvalue weighted by Crippen LogP contribution is 2.40. The average Bonchev–Trinajstić information content (AvgIpc) is 2.92. The van der Waals surface area contributed by atoms with Crippen LogP contribution in [0.4, 0.5) is 0 Å². The maximum Gasteiger partial charge on any atom is 0.334 e. The number of aromatic nitrogens is 1. The summed E-state index contributed by atoms with van der Waals surface area (Å²) in [5.74, 6) is -0.378. The van der Waals surface area contributed by atoms with Gasteiger partial charge in [0.2, 0.25) is 0 Å². The normalized spacial score (nSPS) is 26.3. The number of amides is 1. The topological polar surface area (TPSA) is 102 Å². The number of hydrogen-bond donors (Lipinski definition) is 2. The fraction of sp³-hybridized carbons (Fsp3) is 0.583. The van der Waals surface area contributed by atoms with Gasteiger partial charge in [0.1, 0.15) is 5.76 Å². The fourth-order valence-electron chi connectivity index (χ4n) is 2.18. The van der Waals surface area contributed by atoms with E-state index in [-0.39, 0.29) is 5.69 Å². The quantitative estimate of drug-likeness (QED) is 0.824. The van der Waals surface area contributed by atoms with Gasteiger partial charge in [-0.1, -0.05) is 5.16 Å². The monoisotopic (exact) mass is 266 g/mol. The number of carbonyl (C=O) groups excluding carboxylic acids is 1. The summed E-state index contributed by atoms with van der Waals surface area (Å²) in [5.41, 5.74) is 0.193. The van der Waals surface area contributed by atoms with Crippen LogP contribution in [-0.4, -0.2) is 40.9 Å². The molecule has 1 saturated carbocycles. The number of rotatable bonds is 4. The maximum atomic E-state index is 11.9. The lowest BCUT2D eigenvalue weighted by Crippen LogP contribution is -2.44. The van der Waals surface area contributed by atoms with Crippen LogP contribution in [0.25, 0.3) is 0 Å². The van der Waals surface area contributed by atoms with E-state index >= 15 is 0 Å². The van der Waals surface area contributed by atoms with Gasteiger partial charge in [-0.05, 0) is 19.3 Å². The zero-order valence-electron chi connectivity index (χ0n) is 10.2. The molecule has 1 aliphatic carbocycles. The molecule has 2 fully saturated rings. The highest BCUT2D eigenvalue weighted by molar-refractivity contribution is 5.93. The molecule has 0 aromatic carbocycles. The van der Waals surface area contributed by atoms with Gasteiger partial charge in [0, 0.05) is 18.6 Å². The SMILES string of the molecule is O=C(N[C@H]1CCO[C@H]1C(=O)O)c1cc(C2CC2)on1. The van der Waals surface area contributed by atoms with Crippen molar-refractivity contribution in [2.75, 3.05) is 6.61 Å². The summed E-state index contributed by atoms with van der Waals surface area (Å²) >= 11 is 0. The molecule has 102 valence electrons. The third-order valence-electron chi connectivity index (χ3n) is 3.39. The van der Waals surface area contributed by atoms with Crippen LogP contribution >= 0.6 is 0 Å². The molecule has 0 bridgehead atoms. The van der Waals surface area contributed by atoms with Gasteiger partial charge in [-0.2, -0.15) is 0 Å². The second kappa shape index (κ2) is 4.65. The molecular weight excluding hydrogens is 252 g/mol. The minimum atomic E-state index is -1.07. The molecule has 2 heterocycles. The van der Waals surface area contributed by atoms with Crippen molar-refractivity contribution in [3.8, 4) is 0 Å². The molecule has 1 aromatic heterocycles. The van der Waals surface area contributed by atoms with Gasteiger partial charge in [0.15, 0.2) is 11.8 Å². The lowest BCUT2D eigenvalue weighted by atomic mass is 10.1. The van der Waals surface area contributed by atoms with E-state index in [1.54, 1.807) is 6.07 Å². The molecule has 1 aliphatic heterocycles. The Balaban J connectivity index is 1.64. The molecule has 2 atom stereocenters. The highest BCUT2D eigenvalue weighted by Gasteiger charge is 2.36. The van der Waals surface area contributed by atoms with Gasteiger partial charge in [-0.3, -0.25) is 4.79 Å². The van der Waals surface area contributed by atoms with Gasteiger partial charge in [-0.15, -0.1) is 0 Å². The number of nitrogens with one attached hydrogen (secondary N) is 1. The van der Waals surface area contributed by atoms with E-state index in [4.69, 9.17) is 14.4 Å². The van der Waals surface area contributed by atoms with Crippen LogP contribution < -0.4 is 5.32 Å². The van der Waals surface area contributed by atoms with Crippen molar-refractivity contribution in [2.45, 2.75) is 37.3 Å². The van der Waals surface area contributed by atoms with E-state index in [1.807, 2.05) is 0 Å². The number of ether oxygens (including phenoxy) is 1. The van der Waals surface area contributed by atoms with E-state index in [9.17, 15) is 9.59 Å². The Bertz CT molecular complexity index is 508. The number of aliphatic carboxylic acids is 1. The summed E-state index contributed by atoms with van der Waals surface area (Å²) in [4.78, 5) is 22.9. The predicted molar refractivity (Wildman–Crippen MR) is 61.7 cm³/mol. The maximum absolute atomic E-state index is 11.9. The van der Waals surface area contributed by atoms with Gasteiger partial charge in [-0.25, -0.2) is 4.79 Å². The molecule has 1 aromatic rings. The Kier molecular flexibility index (Phi) is 2.98. The van der Waals surface area contributed by atoms with E-state index in [0.717, 1.165) is 18.6 Å². The van der Waals surface area contributed by atoms with Crippen molar-refractivity contribution in [2.24, 2.45) is 0 Å². The average molecular weight is 266 g/mol. The Morgan fingerprint density at radius 2 is 2.16 bits per heavy atom. The smallest absolute Gasteiger partial charge is 0.334 e. The molecule has 1 amide bonds. The lowest BCUT2D eigenvalue weighted by Gasteiger charge is -2.15. The van der Waals surface area contributed by atoms with Crippen molar-refractivity contribution in [3.05, 3.63) is 17.5 Å². The first kappa shape index (κ1) is 12.2. The van der Waals surface area contributed by atoms with Crippen molar-refractivity contribution in [1.29, 1.82) is 0 Å². The second-order valence-electron chi connectivity index (χ2n) is 4.89. The van der Waals surface area contributed by atoms with Crippen molar-refractivity contribution in [3.63, 3.8) is 0 Å². The summed E-state index contributed by atoms with van der Waals surface area (Å²) in [6.45, 7) is 0.327. The molecule has 2 aliphatic rings. The summed E-state index contributed by atoms with van der Waals surface area (Å²) in [7, 11) is 0. The highest BCUT2D eigenvalue weighted by atomic mass is 16.5. The van der Waals surface area contributed by atoms with E-state index < -0.39 is 24.0 Å². The second-order valence-corrected chi connectivity index (χ2v) is 4.89. The van der Waals surface area contributed by atoms with Crippen LogP contribution in [0.3, 0.4) is 0 Å². The molecule has 0 spiro atoms. The number of carboxylic acids is 1. The summed E-state index contributed by atoms with van der Waals surface area (Å²) in [6.07, 6.45) is 1.62. The first-order valence-electron chi connectivity index (χ1n) is 6.27. The third-order valence-corrected chi connectivity index (χ3v) is 3.39. The van der Waals surface area contributed by atoms with Gasteiger partial charge < -0.3 is 19.7 Å². The Labute approximate surface area is 108 Å². The van der Waals surface area contributed by atoms with Crippen LogP contribution in [0.1, 0.15) is 41.4 Å². The number of nitrogens with zero attached hydrogens (tertiary/aromatic N) is 1. The first-order chi connectivity index (χ1) is 9.15. The number of carboxylic acid groups (broad SMARTS) is 1. The van der Waals surface area contributed by atoms with Crippen molar-refractivity contribution in [1.82, 2.24) is 10.5 Å². The van der Waals surface area contributed by atoms with Crippen LogP contribution in [0.5, 0.6) is 0 Å². The third kappa shape index (κ3) is 2.46. The Hall–Kier alpha value is -1.89. The molecular formula is C12H14N2O5. The standard InChI is InChI=1S/C12H14N2O5/c15-11(8-5-9(19-14-8)6-1-2-6)13-7-3-4-18-10(7)12(16)17/h5-7,10H,1-4H2,(H,13,15)(H,16,17)/t7-,10+/m0/s1. The van der Waals surface area contributed by atoms with Gasteiger partial charge in [0.25, 0.3) is 5.91 Å². The van der Waals surface area contributed by atoms with Gasteiger partial charge >= 0.3 is 5.97 Å². The molecule has 1 saturated heterocycles. The van der Waals surface area contributed by atoms with Gasteiger partial charge in [0.05, 0.1) is 6.04 Å². The fourth-order valence-corrected chi connectivity index (χ4v) is 2.18. The summed E-state index contributed by atoms with van der Waals surface area (Å²) in [6, 6.07) is 1.10. The Morgan fingerprint density at radius 3 is 2.84 bits per heavy atom. The van der Waals surface area contributed by atoms with E-state index in [0.29, 0.717) is 18.9 Å².